The minimum atomic E-state index is 0.682. The molecule has 266 valence electrons. The van der Waals surface area contributed by atoms with Crippen LogP contribution in [0.3, 0.4) is 0 Å². The average molecular weight is 728 g/mol. The van der Waals surface area contributed by atoms with Gasteiger partial charge in [0, 0.05) is 60.3 Å². The van der Waals surface area contributed by atoms with Gasteiger partial charge in [0.1, 0.15) is 11.2 Å². The van der Waals surface area contributed by atoms with Crippen molar-refractivity contribution in [2.45, 2.75) is 0 Å². The van der Waals surface area contributed by atoms with E-state index in [4.69, 9.17) is 19.4 Å². The minimum Gasteiger partial charge on any atom is -0.456 e. The largest absolute Gasteiger partial charge is 0.456 e. The molecular formula is C53H33N3O. The van der Waals surface area contributed by atoms with Crippen LogP contribution in [0.25, 0.3) is 111 Å². The van der Waals surface area contributed by atoms with Crippen LogP contribution in [0, 0.1) is 0 Å². The summed E-state index contributed by atoms with van der Waals surface area (Å²) in [6.07, 6.45) is 0. The quantitative estimate of drug-likeness (QED) is 0.160. The summed E-state index contributed by atoms with van der Waals surface area (Å²) in [7, 11) is 0. The minimum absolute atomic E-state index is 0.682. The van der Waals surface area contributed by atoms with Crippen molar-refractivity contribution in [2.75, 3.05) is 0 Å². The normalized spacial score (nSPS) is 11.5. The zero-order valence-corrected chi connectivity index (χ0v) is 30.8. The van der Waals surface area contributed by atoms with Crippen LogP contribution >= 0.6 is 0 Å². The fourth-order valence-electron chi connectivity index (χ4n) is 8.31. The van der Waals surface area contributed by atoms with Crippen molar-refractivity contribution < 1.29 is 4.42 Å². The second kappa shape index (κ2) is 13.6. The molecule has 0 atom stereocenters. The van der Waals surface area contributed by atoms with E-state index in [1.807, 2.05) is 42.5 Å². The Balaban J connectivity index is 1.27. The van der Waals surface area contributed by atoms with Crippen LogP contribution in [-0.4, -0.2) is 15.0 Å². The van der Waals surface area contributed by atoms with Crippen molar-refractivity contribution in [3.8, 4) is 67.4 Å². The van der Waals surface area contributed by atoms with Crippen molar-refractivity contribution in [1.82, 2.24) is 15.0 Å². The molecule has 0 saturated carbocycles. The summed E-state index contributed by atoms with van der Waals surface area (Å²) in [5.74, 6) is 0.682. The Bertz CT molecular complexity index is 3210. The number of pyridine rings is 1. The highest BCUT2D eigenvalue weighted by atomic mass is 16.3. The van der Waals surface area contributed by atoms with Crippen molar-refractivity contribution in [2.24, 2.45) is 0 Å². The molecule has 0 aliphatic rings. The molecule has 3 heterocycles. The summed E-state index contributed by atoms with van der Waals surface area (Å²) in [4.78, 5) is 16.0. The molecule has 0 radical (unpaired) electrons. The molecule has 0 amide bonds. The lowest BCUT2D eigenvalue weighted by Gasteiger charge is -2.19. The Labute approximate surface area is 329 Å². The second-order valence-corrected chi connectivity index (χ2v) is 14.3. The first-order valence-electron chi connectivity index (χ1n) is 19.2. The van der Waals surface area contributed by atoms with Gasteiger partial charge in [0.25, 0.3) is 0 Å². The van der Waals surface area contributed by atoms with Gasteiger partial charge in [0.15, 0.2) is 5.82 Å². The molecule has 8 aromatic carbocycles. The van der Waals surface area contributed by atoms with E-state index >= 15 is 0 Å². The molecule has 11 aromatic rings. The zero-order chi connectivity index (χ0) is 37.7. The Hall–Kier alpha value is -7.69. The number of aromatic nitrogens is 3. The van der Waals surface area contributed by atoms with Gasteiger partial charge in [-0.3, -0.25) is 0 Å². The van der Waals surface area contributed by atoms with Gasteiger partial charge in [0.05, 0.1) is 22.6 Å². The van der Waals surface area contributed by atoms with E-state index in [2.05, 4.69) is 158 Å². The van der Waals surface area contributed by atoms with Crippen molar-refractivity contribution in [3.63, 3.8) is 0 Å². The maximum Gasteiger partial charge on any atom is 0.160 e. The summed E-state index contributed by atoms with van der Waals surface area (Å²) in [5.41, 5.74) is 13.5. The van der Waals surface area contributed by atoms with Crippen molar-refractivity contribution in [3.05, 3.63) is 200 Å². The lowest BCUT2D eigenvalue weighted by atomic mass is 9.87. The molecule has 11 rings (SSSR count). The molecule has 0 saturated heterocycles. The summed E-state index contributed by atoms with van der Waals surface area (Å²) in [6.45, 7) is 0. The van der Waals surface area contributed by atoms with Crippen LogP contribution in [0.2, 0.25) is 0 Å². The third-order valence-electron chi connectivity index (χ3n) is 10.9. The Morgan fingerprint density at radius 1 is 0.298 bits per heavy atom. The lowest BCUT2D eigenvalue weighted by molar-refractivity contribution is 0.669. The Morgan fingerprint density at radius 3 is 1.42 bits per heavy atom. The molecule has 0 aliphatic carbocycles. The highest BCUT2D eigenvalue weighted by molar-refractivity contribution is 6.28. The maximum atomic E-state index is 6.70. The standard InChI is InChI=1S/C53H33N3O/c1-5-18-34(19-6-1)50-42-33-45-49(41-29-14-16-31-44(41)57-45)46(48(42)40-28-13-15-30-43(40)54-50)38-26-17-27-39(32-38)47-51(35-20-7-2-8-21-35)55-53(37-24-11-4-12-25-37)56-52(47)36-22-9-3-10-23-36/h1-33H. The molecule has 4 heteroatoms. The number of fused-ring (bicyclic) bond motifs is 6. The zero-order valence-electron chi connectivity index (χ0n) is 30.8. The third-order valence-corrected chi connectivity index (χ3v) is 10.9. The third kappa shape index (κ3) is 5.58. The fraction of sp³-hybridized carbons (Fsp3) is 0. The first kappa shape index (κ1) is 32.7. The number of hydrogen-bond donors (Lipinski definition) is 0. The van der Waals surface area contributed by atoms with Gasteiger partial charge in [0.2, 0.25) is 0 Å². The average Bonchev–Trinajstić information content (AvgIpc) is 3.67. The molecule has 3 aromatic heterocycles. The molecule has 0 fully saturated rings. The van der Waals surface area contributed by atoms with Gasteiger partial charge in [-0.1, -0.05) is 176 Å². The SMILES string of the molecule is c1ccc(-c2nc(-c3ccccc3)c(-c3cccc(-c4c5c(cc6c(-c7ccccc7)nc7ccccc7c46)oc4ccccc45)c3)c(-c3ccccc3)n2)cc1. The summed E-state index contributed by atoms with van der Waals surface area (Å²) < 4.78 is 6.70. The molecule has 4 nitrogen and oxygen atoms in total. The number of hydrogen-bond acceptors (Lipinski definition) is 4. The van der Waals surface area contributed by atoms with E-state index < -0.39 is 0 Å². The summed E-state index contributed by atoms with van der Waals surface area (Å²) in [5, 5.41) is 5.41. The summed E-state index contributed by atoms with van der Waals surface area (Å²) >= 11 is 0. The van der Waals surface area contributed by atoms with Crippen molar-refractivity contribution in [1.29, 1.82) is 0 Å². The van der Waals surface area contributed by atoms with E-state index in [-0.39, 0.29) is 0 Å². The van der Waals surface area contributed by atoms with E-state index in [0.29, 0.717) is 5.82 Å². The van der Waals surface area contributed by atoms with Crippen LogP contribution in [0.4, 0.5) is 0 Å². The monoisotopic (exact) mass is 727 g/mol. The van der Waals surface area contributed by atoms with Gasteiger partial charge in [-0.25, -0.2) is 15.0 Å². The molecule has 0 bridgehead atoms. The van der Waals surface area contributed by atoms with Gasteiger partial charge in [-0.2, -0.15) is 0 Å². The predicted octanol–water partition coefficient (Wildman–Crippen LogP) is 14.1. The first-order valence-corrected chi connectivity index (χ1v) is 19.2. The lowest BCUT2D eigenvalue weighted by Crippen LogP contribution is -2.01. The van der Waals surface area contributed by atoms with Gasteiger partial charge < -0.3 is 4.42 Å². The topological polar surface area (TPSA) is 51.8 Å². The molecule has 57 heavy (non-hydrogen) atoms. The number of nitrogens with zero attached hydrogens (tertiary/aromatic N) is 3. The van der Waals surface area contributed by atoms with Gasteiger partial charge in [-0.15, -0.1) is 0 Å². The first-order chi connectivity index (χ1) is 28.3. The highest BCUT2D eigenvalue weighted by Crippen LogP contribution is 2.48. The summed E-state index contributed by atoms with van der Waals surface area (Å²) in [6, 6.07) is 69.5. The number of benzene rings is 8. The number of rotatable bonds is 6. The maximum absolute atomic E-state index is 6.70. The van der Waals surface area contributed by atoms with Crippen LogP contribution in [-0.2, 0) is 0 Å². The van der Waals surface area contributed by atoms with Gasteiger partial charge in [-0.05, 0) is 35.4 Å². The van der Waals surface area contributed by atoms with Crippen LogP contribution in [0.5, 0.6) is 0 Å². The smallest absolute Gasteiger partial charge is 0.160 e. The predicted molar refractivity (Wildman–Crippen MR) is 235 cm³/mol. The molecule has 0 unspecified atom stereocenters. The number of furan rings is 1. The van der Waals surface area contributed by atoms with Crippen molar-refractivity contribution >= 4 is 43.6 Å². The van der Waals surface area contributed by atoms with Crippen LogP contribution in [0.1, 0.15) is 0 Å². The number of para-hydroxylation sites is 2. The highest BCUT2D eigenvalue weighted by Gasteiger charge is 2.24. The van der Waals surface area contributed by atoms with E-state index in [1.165, 1.54) is 0 Å². The Kier molecular flexibility index (Phi) is 7.78. The van der Waals surface area contributed by atoms with E-state index in [9.17, 15) is 0 Å². The molecule has 0 aliphatic heterocycles. The molecule has 0 N–H and O–H groups in total. The van der Waals surface area contributed by atoms with Gasteiger partial charge >= 0.3 is 0 Å². The van der Waals surface area contributed by atoms with E-state index in [0.717, 1.165) is 105 Å². The second-order valence-electron chi connectivity index (χ2n) is 14.3. The van der Waals surface area contributed by atoms with Crippen LogP contribution < -0.4 is 0 Å². The van der Waals surface area contributed by atoms with E-state index in [1.54, 1.807) is 0 Å². The fourth-order valence-corrected chi connectivity index (χ4v) is 8.31. The molecular weight excluding hydrogens is 695 g/mol. The Morgan fingerprint density at radius 2 is 0.789 bits per heavy atom. The molecule has 0 spiro atoms. The van der Waals surface area contributed by atoms with Crippen LogP contribution in [0.15, 0.2) is 205 Å².